The zero-order chi connectivity index (χ0) is 40.7. The molecule has 11 nitrogen and oxygen atoms in total. The number of carbonyl (C=O) groups is 3. The molecule has 4 atom stereocenters. The third-order valence-corrected chi connectivity index (χ3v) is 11.4. The topological polar surface area (TPSA) is 136 Å². The smallest absolute Gasteiger partial charge is 0.407 e. The number of amides is 3. The zero-order valence-corrected chi connectivity index (χ0v) is 33.2. The number of alkyl carbamates (subject to hydrolysis) is 1. The Morgan fingerprint density at radius 3 is 1.64 bits per heavy atom. The van der Waals surface area contributed by atoms with Crippen LogP contribution < -0.4 is 5.32 Å². The number of methoxy groups -OCH3 is 1. The molecule has 3 N–H and O–H groups in total. The summed E-state index contributed by atoms with van der Waals surface area (Å²) in [4.78, 5) is 59.9. The fraction of sp³-hybridized carbons (Fsp3) is 0.271. The van der Waals surface area contributed by atoms with Crippen LogP contribution in [0, 0.1) is 11.8 Å². The second-order valence-electron chi connectivity index (χ2n) is 15.0. The van der Waals surface area contributed by atoms with Crippen LogP contribution >= 0.6 is 0 Å². The van der Waals surface area contributed by atoms with Crippen molar-refractivity contribution in [3.05, 3.63) is 155 Å². The second kappa shape index (κ2) is 17.7. The van der Waals surface area contributed by atoms with Crippen molar-refractivity contribution in [2.75, 3.05) is 20.2 Å². The lowest BCUT2D eigenvalue weighted by molar-refractivity contribution is -0.135. The minimum Gasteiger partial charge on any atom is -0.453 e. The molecule has 2 saturated heterocycles. The van der Waals surface area contributed by atoms with E-state index in [2.05, 4.69) is 39.0 Å². The highest BCUT2D eigenvalue weighted by atomic mass is 16.5. The first-order chi connectivity index (χ1) is 28.9. The van der Waals surface area contributed by atoms with Gasteiger partial charge in [-0.25, -0.2) is 14.8 Å². The zero-order valence-electron chi connectivity index (χ0n) is 33.2. The summed E-state index contributed by atoms with van der Waals surface area (Å²) >= 11 is 0. The molecule has 6 aromatic rings. The Morgan fingerprint density at radius 1 is 0.695 bits per heavy atom. The minimum atomic E-state index is -0.873. The summed E-state index contributed by atoms with van der Waals surface area (Å²) < 4.78 is 4.82. The Labute approximate surface area is 344 Å². The van der Waals surface area contributed by atoms with Gasteiger partial charge in [0, 0.05) is 24.2 Å². The van der Waals surface area contributed by atoms with Gasteiger partial charge in [-0.3, -0.25) is 9.59 Å². The SMILES string of the molecule is CCC(C(=O)N1CCCC1c1ncc(-c2ccc(C#Cc3ccc(-c4cnc(C5CCCN5C(=O)C(NC(=O)OC)c5ccccc5)[nH]4)cc3)cc2)[nH]1)c1ccccc1. The van der Waals surface area contributed by atoms with Crippen LogP contribution in [0.15, 0.2) is 122 Å². The Hall–Kier alpha value is -6.93. The summed E-state index contributed by atoms with van der Waals surface area (Å²) in [7, 11) is 1.28. The van der Waals surface area contributed by atoms with Crippen LogP contribution in [0.4, 0.5) is 4.79 Å². The van der Waals surface area contributed by atoms with Crippen molar-refractivity contribution in [3.63, 3.8) is 0 Å². The van der Waals surface area contributed by atoms with Crippen LogP contribution in [-0.2, 0) is 14.3 Å². The number of nitrogens with zero attached hydrogens (tertiary/aromatic N) is 4. The van der Waals surface area contributed by atoms with Gasteiger partial charge in [0.2, 0.25) is 5.91 Å². The lowest BCUT2D eigenvalue weighted by atomic mass is 9.94. The van der Waals surface area contributed by atoms with Gasteiger partial charge < -0.3 is 29.8 Å². The first-order valence-corrected chi connectivity index (χ1v) is 20.3. The molecule has 0 spiro atoms. The highest BCUT2D eigenvalue weighted by molar-refractivity contribution is 5.87. The van der Waals surface area contributed by atoms with E-state index < -0.39 is 12.1 Å². The maximum atomic E-state index is 13.9. The quantitative estimate of drug-likeness (QED) is 0.119. The summed E-state index contributed by atoms with van der Waals surface area (Å²) in [5.41, 5.74) is 7.22. The van der Waals surface area contributed by atoms with Gasteiger partial charge in [-0.1, -0.05) is 104 Å². The molecule has 0 aliphatic carbocycles. The van der Waals surface area contributed by atoms with Gasteiger partial charge in [0.15, 0.2) is 0 Å². The number of likely N-dealkylation sites (tertiary alicyclic amines) is 2. The average molecular weight is 786 g/mol. The number of hydrogen-bond donors (Lipinski definition) is 3. The van der Waals surface area contributed by atoms with E-state index in [0.717, 1.165) is 83.7 Å². The van der Waals surface area contributed by atoms with E-state index in [-0.39, 0.29) is 29.8 Å². The molecule has 59 heavy (non-hydrogen) atoms. The number of H-pyrrole nitrogens is 2. The average Bonchev–Trinajstić information content (AvgIpc) is 4.13. The molecule has 2 aliphatic rings. The van der Waals surface area contributed by atoms with Crippen molar-refractivity contribution in [3.8, 4) is 34.4 Å². The normalized spacial score (nSPS) is 17.2. The van der Waals surface area contributed by atoms with Gasteiger partial charge in [-0.2, -0.15) is 0 Å². The van der Waals surface area contributed by atoms with Crippen molar-refractivity contribution >= 4 is 17.9 Å². The number of hydrogen-bond acceptors (Lipinski definition) is 6. The molecule has 4 unspecified atom stereocenters. The van der Waals surface area contributed by atoms with Crippen molar-refractivity contribution in [1.82, 2.24) is 35.1 Å². The van der Waals surface area contributed by atoms with Crippen LogP contribution in [0.1, 0.15) is 97.0 Å². The second-order valence-corrected chi connectivity index (χ2v) is 15.0. The molecule has 2 aromatic heterocycles. The highest BCUT2D eigenvalue weighted by Crippen LogP contribution is 2.36. The fourth-order valence-electron chi connectivity index (χ4n) is 8.26. The predicted molar refractivity (Wildman–Crippen MR) is 226 cm³/mol. The third-order valence-electron chi connectivity index (χ3n) is 11.4. The largest absolute Gasteiger partial charge is 0.453 e. The molecule has 0 radical (unpaired) electrons. The van der Waals surface area contributed by atoms with Gasteiger partial charge in [-0.05, 0) is 78.6 Å². The fourth-order valence-corrected chi connectivity index (χ4v) is 8.26. The van der Waals surface area contributed by atoms with Crippen molar-refractivity contribution in [2.45, 2.75) is 63.1 Å². The van der Waals surface area contributed by atoms with E-state index in [1.165, 1.54) is 7.11 Å². The lowest BCUT2D eigenvalue weighted by Gasteiger charge is -2.28. The Bertz CT molecular complexity index is 2450. The van der Waals surface area contributed by atoms with E-state index in [1.54, 1.807) is 11.1 Å². The van der Waals surface area contributed by atoms with Crippen LogP contribution in [0.3, 0.4) is 0 Å². The molecule has 0 bridgehead atoms. The van der Waals surface area contributed by atoms with Gasteiger partial charge in [-0.15, -0.1) is 0 Å². The number of ether oxygens (including phenoxy) is 1. The van der Waals surface area contributed by atoms with Gasteiger partial charge >= 0.3 is 6.09 Å². The monoisotopic (exact) mass is 785 g/mol. The highest BCUT2D eigenvalue weighted by Gasteiger charge is 2.38. The number of benzene rings is 4. The van der Waals surface area contributed by atoms with E-state index in [4.69, 9.17) is 9.72 Å². The molecule has 4 heterocycles. The van der Waals surface area contributed by atoms with Crippen molar-refractivity contribution in [1.29, 1.82) is 0 Å². The molecule has 2 aliphatic heterocycles. The first-order valence-electron chi connectivity index (χ1n) is 20.3. The van der Waals surface area contributed by atoms with E-state index in [9.17, 15) is 14.4 Å². The molecule has 2 fully saturated rings. The van der Waals surface area contributed by atoms with Crippen molar-refractivity contribution < 1.29 is 19.1 Å². The summed E-state index contributed by atoms with van der Waals surface area (Å²) in [5.74, 6) is 7.88. The van der Waals surface area contributed by atoms with Gasteiger partial charge in [0.25, 0.3) is 5.91 Å². The maximum absolute atomic E-state index is 13.9. The number of aromatic nitrogens is 4. The van der Waals surface area contributed by atoms with E-state index in [0.29, 0.717) is 17.9 Å². The molecule has 4 aromatic carbocycles. The number of nitrogens with one attached hydrogen (secondary N) is 3. The summed E-state index contributed by atoms with van der Waals surface area (Å²) in [5, 5.41) is 2.71. The van der Waals surface area contributed by atoms with Crippen LogP contribution in [0.5, 0.6) is 0 Å². The first kappa shape index (κ1) is 38.9. The minimum absolute atomic E-state index is 0.0642. The Balaban J connectivity index is 0.899. The molecule has 8 rings (SSSR count). The van der Waals surface area contributed by atoms with Crippen LogP contribution in [0.2, 0.25) is 0 Å². The number of carbonyl (C=O) groups excluding carboxylic acids is 3. The molecular formula is C48H47N7O4. The maximum Gasteiger partial charge on any atom is 0.407 e. The van der Waals surface area contributed by atoms with Crippen LogP contribution in [-0.4, -0.2) is 67.8 Å². The van der Waals surface area contributed by atoms with Crippen LogP contribution in [0.25, 0.3) is 22.5 Å². The predicted octanol–water partition coefficient (Wildman–Crippen LogP) is 8.48. The van der Waals surface area contributed by atoms with Gasteiger partial charge in [0.05, 0.1) is 48.9 Å². The molecule has 3 amide bonds. The molecular weight excluding hydrogens is 739 g/mol. The molecule has 11 heteroatoms. The Kier molecular flexibility index (Phi) is 11.7. The summed E-state index contributed by atoms with van der Waals surface area (Å²) in [6.45, 7) is 3.37. The molecule has 298 valence electrons. The lowest BCUT2D eigenvalue weighted by Crippen LogP contribution is -2.42. The van der Waals surface area contributed by atoms with E-state index >= 15 is 0 Å². The standard InChI is InChI=1S/C48H47N7O4/c1-3-38(34-12-6-4-7-13-34)46(56)54-28-10-16-41(54)44-49-30-39(51-44)35-24-20-32(21-25-35)18-19-33-22-26-36(27-23-33)40-31-50-45(52-40)42-17-11-29-55(42)47(57)43(53-48(58)59-2)37-14-8-5-9-15-37/h4-9,12-15,20-27,30-31,38,41-43H,3,10-11,16-17,28-29H2,1-2H3,(H,49,51)(H,50,52)(H,53,58). The third kappa shape index (κ3) is 8.53. The molecule has 0 saturated carbocycles. The summed E-state index contributed by atoms with van der Waals surface area (Å²) in [6, 6.07) is 34.1. The van der Waals surface area contributed by atoms with Gasteiger partial charge in [0.1, 0.15) is 17.7 Å². The number of imidazole rings is 2. The van der Waals surface area contributed by atoms with E-state index in [1.807, 2.05) is 120 Å². The Morgan fingerprint density at radius 2 is 1.17 bits per heavy atom. The number of rotatable bonds is 10. The summed E-state index contributed by atoms with van der Waals surface area (Å²) in [6.07, 6.45) is 7.16. The van der Waals surface area contributed by atoms with Crippen molar-refractivity contribution in [2.24, 2.45) is 0 Å². The number of aromatic amines is 2.